The van der Waals surface area contributed by atoms with Gasteiger partial charge in [-0.1, -0.05) is 6.07 Å². The van der Waals surface area contributed by atoms with Crippen LogP contribution in [0.5, 0.6) is 0 Å². The van der Waals surface area contributed by atoms with Gasteiger partial charge in [0.1, 0.15) is 0 Å². The zero-order chi connectivity index (χ0) is 10.1. The van der Waals surface area contributed by atoms with Crippen molar-refractivity contribution >= 4 is 6.09 Å². The molecule has 1 amide bonds. The normalized spacial score (nSPS) is 14.2. The Hall–Kier alpha value is -1.62. The number of carboxylic acid groups (broad SMARTS) is 1. The molecule has 2 N–H and O–H groups in total. The summed E-state index contributed by atoms with van der Waals surface area (Å²) in [7, 11) is 0. The predicted molar refractivity (Wildman–Crippen MR) is 47.4 cm³/mol. The van der Waals surface area contributed by atoms with Crippen LogP contribution in [-0.2, 0) is 19.7 Å². The second-order valence-corrected chi connectivity index (χ2v) is 3.21. The van der Waals surface area contributed by atoms with Crippen LogP contribution in [0, 0.1) is 0 Å². The van der Waals surface area contributed by atoms with Crippen molar-refractivity contribution in [1.29, 1.82) is 0 Å². The second kappa shape index (κ2) is 3.26. The minimum atomic E-state index is -0.937. The molecule has 0 atom stereocenters. The quantitative estimate of drug-likeness (QED) is 0.685. The van der Waals surface area contributed by atoms with E-state index in [2.05, 4.69) is 4.98 Å². The van der Waals surface area contributed by atoms with Gasteiger partial charge in [0.05, 0.1) is 31.1 Å². The number of aliphatic hydroxyl groups is 1. The second-order valence-electron chi connectivity index (χ2n) is 3.21. The van der Waals surface area contributed by atoms with E-state index in [0.717, 1.165) is 11.3 Å². The number of amides is 1. The van der Waals surface area contributed by atoms with E-state index in [0.29, 0.717) is 18.8 Å². The third-order valence-electron chi connectivity index (χ3n) is 2.26. The average Bonchev–Trinajstić information content (AvgIpc) is 2.59. The Morgan fingerprint density at radius 1 is 1.50 bits per heavy atom. The summed E-state index contributed by atoms with van der Waals surface area (Å²) in [6.07, 6.45) is -0.937. The highest BCUT2D eigenvalue weighted by Gasteiger charge is 2.23. The van der Waals surface area contributed by atoms with Crippen LogP contribution in [0.25, 0.3) is 0 Å². The SMILES string of the molecule is O=C(O)N1Cc2ccc(CO)nc2C1. The summed E-state index contributed by atoms with van der Waals surface area (Å²) in [5.41, 5.74) is 2.25. The molecule has 14 heavy (non-hydrogen) atoms. The van der Waals surface area contributed by atoms with Crippen LogP contribution in [0.3, 0.4) is 0 Å². The third-order valence-corrected chi connectivity index (χ3v) is 2.26. The number of nitrogens with zero attached hydrogens (tertiary/aromatic N) is 2. The minimum Gasteiger partial charge on any atom is -0.465 e. The largest absolute Gasteiger partial charge is 0.465 e. The molecule has 5 heteroatoms. The summed E-state index contributed by atoms with van der Waals surface area (Å²) < 4.78 is 0. The fourth-order valence-corrected chi connectivity index (χ4v) is 1.52. The predicted octanol–water partition coefficient (Wildman–Crippen LogP) is 0.567. The molecule has 0 radical (unpaired) electrons. The molecule has 0 saturated heterocycles. The molecule has 1 aliphatic rings. The van der Waals surface area contributed by atoms with Crippen LogP contribution < -0.4 is 0 Å². The van der Waals surface area contributed by atoms with E-state index in [1.54, 1.807) is 6.07 Å². The maximum Gasteiger partial charge on any atom is 0.407 e. The molecule has 0 aromatic carbocycles. The smallest absolute Gasteiger partial charge is 0.407 e. The third kappa shape index (κ3) is 1.42. The zero-order valence-corrected chi connectivity index (χ0v) is 7.47. The lowest BCUT2D eigenvalue weighted by atomic mass is 10.2. The van der Waals surface area contributed by atoms with Gasteiger partial charge in [-0.2, -0.15) is 0 Å². The van der Waals surface area contributed by atoms with Crippen molar-refractivity contribution in [2.75, 3.05) is 0 Å². The van der Waals surface area contributed by atoms with Gasteiger partial charge in [0.25, 0.3) is 0 Å². The molecular formula is C9H10N2O3. The lowest BCUT2D eigenvalue weighted by molar-refractivity contribution is 0.145. The highest BCUT2D eigenvalue weighted by Crippen LogP contribution is 2.21. The fourth-order valence-electron chi connectivity index (χ4n) is 1.52. The van der Waals surface area contributed by atoms with Crippen LogP contribution in [0.4, 0.5) is 4.79 Å². The summed E-state index contributed by atoms with van der Waals surface area (Å²) in [5, 5.41) is 17.6. The van der Waals surface area contributed by atoms with Crippen LogP contribution >= 0.6 is 0 Å². The van der Waals surface area contributed by atoms with Crippen molar-refractivity contribution in [2.45, 2.75) is 19.7 Å². The molecular weight excluding hydrogens is 184 g/mol. The van der Waals surface area contributed by atoms with Gasteiger partial charge >= 0.3 is 6.09 Å². The molecule has 1 aliphatic heterocycles. The van der Waals surface area contributed by atoms with E-state index in [1.165, 1.54) is 4.90 Å². The first-order valence-electron chi connectivity index (χ1n) is 4.27. The maximum absolute atomic E-state index is 10.7. The zero-order valence-electron chi connectivity index (χ0n) is 7.47. The summed E-state index contributed by atoms with van der Waals surface area (Å²) in [6, 6.07) is 3.53. The molecule has 0 spiro atoms. The molecule has 1 aromatic rings. The minimum absolute atomic E-state index is 0.111. The number of aliphatic hydroxyl groups excluding tert-OH is 1. The van der Waals surface area contributed by atoms with Crippen molar-refractivity contribution in [2.24, 2.45) is 0 Å². The van der Waals surface area contributed by atoms with Gasteiger partial charge in [-0.15, -0.1) is 0 Å². The Morgan fingerprint density at radius 3 is 2.93 bits per heavy atom. The standard InChI is InChI=1S/C9H10N2O3/c12-5-7-2-1-6-3-11(9(13)14)4-8(6)10-7/h1-2,12H,3-5H2,(H,13,14). The van der Waals surface area contributed by atoms with Gasteiger partial charge in [-0.3, -0.25) is 9.88 Å². The molecule has 5 nitrogen and oxygen atoms in total. The first kappa shape index (κ1) is 8.96. The highest BCUT2D eigenvalue weighted by molar-refractivity contribution is 5.66. The average molecular weight is 194 g/mol. The first-order valence-corrected chi connectivity index (χ1v) is 4.27. The van der Waals surface area contributed by atoms with Gasteiger partial charge < -0.3 is 10.2 Å². The Bertz CT molecular complexity index is 378. The fraction of sp³-hybridized carbons (Fsp3) is 0.333. The van der Waals surface area contributed by atoms with Gasteiger partial charge in [0.2, 0.25) is 0 Å². The summed E-state index contributed by atoms with van der Waals surface area (Å²) in [6.45, 7) is 0.599. The van der Waals surface area contributed by atoms with E-state index >= 15 is 0 Å². The van der Waals surface area contributed by atoms with Gasteiger partial charge in [-0.05, 0) is 11.6 Å². The Balaban J connectivity index is 2.27. The molecule has 0 unspecified atom stereocenters. The number of aromatic nitrogens is 1. The van der Waals surface area contributed by atoms with Crippen molar-refractivity contribution < 1.29 is 15.0 Å². The number of rotatable bonds is 1. The Kier molecular flexibility index (Phi) is 2.09. The van der Waals surface area contributed by atoms with Crippen molar-refractivity contribution in [3.05, 3.63) is 29.1 Å². The lowest BCUT2D eigenvalue weighted by Gasteiger charge is -2.08. The van der Waals surface area contributed by atoms with E-state index in [1.807, 2.05) is 6.07 Å². The molecule has 0 saturated carbocycles. The monoisotopic (exact) mass is 194 g/mol. The number of fused-ring (bicyclic) bond motifs is 1. The molecule has 1 aromatic heterocycles. The van der Waals surface area contributed by atoms with Crippen LogP contribution in [0.2, 0.25) is 0 Å². The molecule has 2 rings (SSSR count). The van der Waals surface area contributed by atoms with E-state index in [4.69, 9.17) is 10.2 Å². The molecule has 0 bridgehead atoms. The topological polar surface area (TPSA) is 73.7 Å². The molecule has 74 valence electrons. The summed E-state index contributed by atoms with van der Waals surface area (Å²) in [5.74, 6) is 0. The van der Waals surface area contributed by atoms with E-state index in [9.17, 15) is 4.79 Å². The van der Waals surface area contributed by atoms with Crippen LogP contribution in [0.15, 0.2) is 12.1 Å². The van der Waals surface area contributed by atoms with E-state index < -0.39 is 6.09 Å². The number of hydrogen-bond donors (Lipinski definition) is 2. The van der Waals surface area contributed by atoms with Crippen LogP contribution in [-0.4, -0.2) is 26.2 Å². The maximum atomic E-state index is 10.7. The summed E-state index contributed by atoms with van der Waals surface area (Å²) >= 11 is 0. The van der Waals surface area contributed by atoms with Gasteiger partial charge in [0, 0.05) is 0 Å². The van der Waals surface area contributed by atoms with Gasteiger partial charge in [0.15, 0.2) is 0 Å². The Labute approximate surface area is 80.6 Å². The molecule has 2 heterocycles. The summed E-state index contributed by atoms with van der Waals surface area (Å²) in [4.78, 5) is 16.1. The lowest BCUT2D eigenvalue weighted by Crippen LogP contribution is -2.22. The van der Waals surface area contributed by atoms with Crippen LogP contribution in [0.1, 0.15) is 17.0 Å². The number of pyridine rings is 1. The van der Waals surface area contributed by atoms with E-state index in [-0.39, 0.29) is 6.61 Å². The first-order chi connectivity index (χ1) is 6.70. The van der Waals surface area contributed by atoms with Crippen molar-refractivity contribution in [1.82, 2.24) is 9.88 Å². The van der Waals surface area contributed by atoms with Crippen molar-refractivity contribution in [3.63, 3.8) is 0 Å². The molecule has 0 aliphatic carbocycles. The van der Waals surface area contributed by atoms with Crippen molar-refractivity contribution in [3.8, 4) is 0 Å². The molecule has 0 fully saturated rings. The Morgan fingerprint density at radius 2 is 2.29 bits per heavy atom. The highest BCUT2D eigenvalue weighted by atomic mass is 16.4. The van der Waals surface area contributed by atoms with Gasteiger partial charge in [-0.25, -0.2) is 4.79 Å². The number of hydrogen-bond acceptors (Lipinski definition) is 3. The number of carbonyl (C=O) groups is 1.